The first-order valence-corrected chi connectivity index (χ1v) is 5.26. The van der Waals surface area contributed by atoms with Crippen LogP contribution < -0.4 is 0 Å². The predicted octanol–water partition coefficient (Wildman–Crippen LogP) is 2.80. The summed E-state index contributed by atoms with van der Waals surface area (Å²) in [4.78, 5) is 2.34. The lowest BCUT2D eigenvalue weighted by Gasteiger charge is -2.31. The van der Waals surface area contributed by atoms with E-state index in [4.69, 9.17) is 5.26 Å². The Kier molecular flexibility index (Phi) is 6.62. The Hall–Kier alpha value is -0.550. The van der Waals surface area contributed by atoms with Gasteiger partial charge in [0.1, 0.15) is 0 Å². The zero-order chi connectivity index (χ0) is 10.3. The van der Waals surface area contributed by atoms with E-state index in [1.165, 1.54) is 12.8 Å². The summed E-state index contributed by atoms with van der Waals surface area (Å²) in [6, 6.07) is 3.29. The minimum Gasteiger partial charge on any atom is -0.300 e. The van der Waals surface area contributed by atoms with Crippen LogP contribution in [0.5, 0.6) is 0 Å². The van der Waals surface area contributed by atoms with Crippen molar-refractivity contribution in [1.82, 2.24) is 4.90 Å². The van der Waals surface area contributed by atoms with Gasteiger partial charge in [0, 0.05) is 12.1 Å². The molecule has 0 aliphatic rings. The molecule has 76 valence electrons. The maximum Gasteiger partial charge on any atom is 0.0638 e. The molecular formula is C11H22N2. The van der Waals surface area contributed by atoms with Crippen LogP contribution in [0.3, 0.4) is 0 Å². The Morgan fingerprint density at radius 1 is 1.38 bits per heavy atom. The van der Waals surface area contributed by atoms with Crippen LogP contribution in [0, 0.1) is 11.3 Å². The van der Waals surface area contributed by atoms with Crippen molar-refractivity contribution >= 4 is 0 Å². The zero-order valence-electron chi connectivity index (χ0n) is 9.38. The van der Waals surface area contributed by atoms with Gasteiger partial charge in [0.25, 0.3) is 0 Å². The zero-order valence-corrected chi connectivity index (χ0v) is 9.38. The Labute approximate surface area is 82.5 Å². The second-order valence-corrected chi connectivity index (χ2v) is 3.73. The molecule has 0 saturated carbocycles. The highest BCUT2D eigenvalue weighted by atomic mass is 15.1. The molecule has 0 aromatic carbocycles. The van der Waals surface area contributed by atoms with Gasteiger partial charge in [-0.3, -0.25) is 4.90 Å². The second kappa shape index (κ2) is 6.91. The third-order valence-electron chi connectivity index (χ3n) is 2.78. The van der Waals surface area contributed by atoms with Gasteiger partial charge in [0.2, 0.25) is 0 Å². The van der Waals surface area contributed by atoms with Crippen LogP contribution in [0.1, 0.15) is 46.5 Å². The standard InChI is InChI=1S/C11H22N2/c1-5-7-10(3)13(4)11(6-2)8-9-12/h10-11H,5-8H2,1-4H3. The fourth-order valence-corrected chi connectivity index (χ4v) is 1.66. The second-order valence-electron chi connectivity index (χ2n) is 3.73. The van der Waals surface area contributed by atoms with E-state index >= 15 is 0 Å². The minimum absolute atomic E-state index is 0.437. The summed E-state index contributed by atoms with van der Waals surface area (Å²) in [5.74, 6) is 0. The SMILES string of the molecule is CCCC(C)N(C)C(CC)CC#N. The van der Waals surface area contributed by atoms with E-state index in [9.17, 15) is 0 Å². The molecule has 2 unspecified atom stereocenters. The molecule has 0 aliphatic carbocycles. The van der Waals surface area contributed by atoms with Crippen molar-refractivity contribution in [1.29, 1.82) is 5.26 Å². The van der Waals surface area contributed by atoms with Crippen molar-refractivity contribution < 1.29 is 0 Å². The van der Waals surface area contributed by atoms with E-state index in [1.807, 2.05) is 0 Å². The number of nitriles is 1. The number of hydrogen-bond donors (Lipinski definition) is 0. The average molecular weight is 182 g/mol. The molecule has 0 bridgehead atoms. The summed E-state index contributed by atoms with van der Waals surface area (Å²) in [5, 5.41) is 8.65. The Bertz CT molecular complexity index is 160. The van der Waals surface area contributed by atoms with Crippen molar-refractivity contribution in [2.24, 2.45) is 0 Å². The molecule has 2 nitrogen and oxygen atoms in total. The highest BCUT2D eigenvalue weighted by Crippen LogP contribution is 2.12. The monoisotopic (exact) mass is 182 g/mol. The number of hydrogen-bond acceptors (Lipinski definition) is 2. The molecule has 0 fully saturated rings. The summed E-state index contributed by atoms with van der Waals surface area (Å²) in [7, 11) is 2.13. The molecule has 2 atom stereocenters. The van der Waals surface area contributed by atoms with Gasteiger partial charge in [0.05, 0.1) is 12.5 Å². The van der Waals surface area contributed by atoms with Crippen LogP contribution >= 0.6 is 0 Å². The van der Waals surface area contributed by atoms with E-state index in [0.717, 1.165) is 6.42 Å². The average Bonchev–Trinajstić information content (AvgIpc) is 2.13. The molecule has 0 saturated heterocycles. The van der Waals surface area contributed by atoms with Gasteiger partial charge in [-0.1, -0.05) is 20.3 Å². The van der Waals surface area contributed by atoms with Gasteiger partial charge in [-0.15, -0.1) is 0 Å². The van der Waals surface area contributed by atoms with Crippen molar-refractivity contribution in [3.63, 3.8) is 0 Å². The van der Waals surface area contributed by atoms with E-state index in [0.29, 0.717) is 18.5 Å². The molecule has 0 amide bonds. The largest absolute Gasteiger partial charge is 0.300 e. The molecule has 0 aromatic rings. The van der Waals surface area contributed by atoms with Crippen LogP contribution in [0.15, 0.2) is 0 Å². The van der Waals surface area contributed by atoms with Gasteiger partial charge >= 0.3 is 0 Å². The molecule has 0 rings (SSSR count). The first kappa shape index (κ1) is 12.4. The van der Waals surface area contributed by atoms with Crippen LogP contribution in [0.4, 0.5) is 0 Å². The fraction of sp³-hybridized carbons (Fsp3) is 0.909. The van der Waals surface area contributed by atoms with Crippen molar-refractivity contribution in [2.45, 2.75) is 58.5 Å². The summed E-state index contributed by atoms with van der Waals surface area (Å²) < 4.78 is 0. The van der Waals surface area contributed by atoms with E-state index < -0.39 is 0 Å². The molecule has 0 radical (unpaired) electrons. The van der Waals surface area contributed by atoms with E-state index in [2.05, 4.69) is 38.8 Å². The van der Waals surface area contributed by atoms with Crippen LogP contribution in [0.25, 0.3) is 0 Å². The van der Waals surface area contributed by atoms with Crippen LogP contribution in [-0.4, -0.2) is 24.0 Å². The number of rotatable bonds is 6. The molecule has 0 heterocycles. The molecular weight excluding hydrogens is 160 g/mol. The van der Waals surface area contributed by atoms with Gasteiger partial charge in [-0.05, 0) is 26.8 Å². The van der Waals surface area contributed by atoms with Gasteiger partial charge in [-0.2, -0.15) is 5.26 Å². The first-order chi connectivity index (χ1) is 6.17. The third-order valence-corrected chi connectivity index (χ3v) is 2.78. The maximum atomic E-state index is 8.65. The Balaban J connectivity index is 4.03. The van der Waals surface area contributed by atoms with E-state index in [-0.39, 0.29) is 0 Å². The normalized spacial score (nSPS) is 15.4. The number of nitrogens with zero attached hydrogens (tertiary/aromatic N) is 2. The van der Waals surface area contributed by atoms with Crippen molar-refractivity contribution in [2.75, 3.05) is 7.05 Å². The molecule has 0 aliphatic heterocycles. The topological polar surface area (TPSA) is 27.0 Å². The Morgan fingerprint density at radius 2 is 2.00 bits per heavy atom. The molecule has 0 spiro atoms. The maximum absolute atomic E-state index is 8.65. The lowest BCUT2D eigenvalue weighted by molar-refractivity contribution is 0.172. The highest BCUT2D eigenvalue weighted by Gasteiger charge is 2.16. The lowest BCUT2D eigenvalue weighted by atomic mass is 10.1. The van der Waals surface area contributed by atoms with Gasteiger partial charge < -0.3 is 0 Å². The molecule has 0 aromatic heterocycles. The van der Waals surface area contributed by atoms with Crippen molar-refractivity contribution in [3.8, 4) is 6.07 Å². The summed E-state index contributed by atoms with van der Waals surface area (Å²) in [5.41, 5.74) is 0. The molecule has 13 heavy (non-hydrogen) atoms. The third kappa shape index (κ3) is 4.28. The fourth-order valence-electron chi connectivity index (χ4n) is 1.66. The Morgan fingerprint density at radius 3 is 2.38 bits per heavy atom. The van der Waals surface area contributed by atoms with Crippen LogP contribution in [0.2, 0.25) is 0 Å². The summed E-state index contributed by atoms with van der Waals surface area (Å²) in [6.07, 6.45) is 4.16. The molecule has 2 heteroatoms. The molecule has 0 N–H and O–H groups in total. The summed E-state index contributed by atoms with van der Waals surface area (Å²) >= 11 is 0. The van der Waals surface area contributed by atoms with Crippen LogP contribution in [-0.2, 0) is 0 Å². The van der Waals surface area contributed by atoms with E-state index in [1.54, 1.807) is 0 Å². The first-order valence-electron chi connectivity index (χ1n) is 5.26. The smallest absolute Gasteiger partial charge is 0.0638 e. The van der Waals surface area contributed by atoms with Gasteiger partial charge in [0.15, 0.2) is 0 Å². The quantitative estimate of drug-likeness (QED) is 0.631. The minimum atomic E-state index is 0.437. The van der Waals surface area contributed by atoms with Gasteiger partial charge in [-0.25, -0.2) is 0 Å². The predicted molar refractivity (Wildman–Crippen MR) is 56.4 cm³/mol. The highest BCUT2D eigenvalue weighted by molar-refractivity contribution is 4.82. The lowest BCUT2D eigenvalue weighted by Crippen LogP contribution is -2.38. The summed E-state index contributed by atoms with van der Waals surface area (Å²) in [6.45, 7) is 6.59. The van der Waals surface area contributed by atoms with Crippen molar-refractivity contribution in [3.05, 3.63) is 0 Å².